The van der Waals surface area contributed by atoms with E-state index in [9.17, 15) is 9.90 Å². The van der Waals surface area contributed by atoms with Gasteiger partial charge in [0, 0.05) is 6.54 Å². The summed E-state index contributed by atoms with van der Waals surface area (Å²) in [5, 5.41) is 10.1. The van der Waals surface area contributed by atoms with Crippen molar-refractivity contribution in [3.05, 3.63) is 0 Å². The van der Waals surface area contributed by atoms with Crippen LogP contribution in [0.2, 0.25) is 13.1 Å². The highest BCUT2D eigenvalue weighted by Gasteiger charge is 2.43. The molecule has 0 spiro atoms. The van der Waals surface area contributed by atoms with Gasteiger partial charge in [0.25, 0.3) is 0 Å². The minimum Gasteiger partial charge on any atom is -0.444 e. The molecule has 1 saturated heterocycles. The summed E-state index contributed by atoms with van der Waals surface area (Å²) in [4.78, 5) is 14.4. The number of aliphatic hydroxyl groups excluding tert-OH is 1. The minimum atomic E-state index is -1.28. The topological polar surface area (TPSA) is 59.0 Å². The lowest BCUT2D eigenvalue weighted by Gasteiger charge is -2.47. The van der Waals surface area contributed by atoms with E-state index in [1.165, 1.54) is 0 Å². The van der Waals surface area contributed by atoms with Crippen LogP contribution in [0.3, 0.4) is 0 Å². The van der Waals surface area contributed by atoms with E-state index in [1.807, 2.05) is 20.8 Å². The van der Waals surface area contributed by atoms with Crippen molar-refractivity contribution in [1.82, 2.24) is 4.90 Å². The number of amides is 1. The first-order valence-electron chi connectivity index (χ1n) is 8.64. The summed E-state index contributed by atoms with van der Waals surface area (Å²) in [6.07, 6.45) is 0.337. The monoisotopic (exact) mass is 345 g/mol. The Bertz CT molecular complexity index is 400. The molecule has 1 fully saturated rings. The number of nitrogens with zero attached hydrogens (tertiary/aromatic N) is 1. The first kappa shape index (κ1) is 20.5. The van der Waals surface area contributed by atoms with Crippen LogP contribution >= 0.6 is 0 Å². The highest BCUT2D eigenvalue weighted by Crippen LogP contribution is 2.33. The average Bonchev–Trinajstić information content (AvgIpc) is 2.31. The zero-order valence-electron chi connectivity index (χ0n) is 16.0. The van der Waals surface area contributed by atoms with Crippen molar-refractivity contribution in [3.8, 4) is 0 Å². The van der Waals surface area contributed by atoms with E-state index >= 15 is 0 Å². The lowest BCUT2D eigenvalue weighted by molar-refractivity contribution is -0.0586. The molecule has 5 nitrogen and oxygen atoms in total. The Morgan fingerprint density at radius 3 is 2.22 bits per heavy atom. The van der Waals surface area contributed by atoms with Crippen LogP contribution in [0.15, 0.2) is 0 Å². The Hall–Kier alpha value is -0.593. The first-order valence-corrected chi connectivity index (χ1v) is 11.4. The molecular weight excluding hydrogens is 310 g/mol. The third kappa shape index (κ3) is 6.43. The fraction of sp³-hybridized carbons (Fsp3) is 0.941. The second-order valence-corrected chi connectivity index (χ2v) is 11.3. The van der Waals surface area contributed by atoms with Crippen LogP contribution in [0.5, 0.6) is 0 Å². The van der Waals surface area contributed by atoms with Crippen LogP contribution in [0, 0.1) is 5.41 Å². The largest absolute Gasteiger partial charge is 0.444 e. The summed E-state index contributed by atoms with van der Waals surface area (Å²) in [5.41, 5.74) is -0.637. The van der Waals surface area contributed by atoms with E-state index in [-0.39, 0.29) is 29.8 Å². The van der Waals surface area contributed by atoms with E-state index in [2.05, 4.69) is 33.9 Å². The van der Waals surface area contributed by atoms with Gasteiger partial charge in [-0.05, 0) is 52.1 Å². The van der Waals surface area contributed by atoms with Crippen molar-refractivity contribution in [3.63, 3.8) is 0 Å². The highest BCUT2D eigenvalue weighted by molar-refractivity contribution is 6.48. The minimum absolute atomic E-state index is 0.100. The zero-order chi connectivity index (χ0) is 18.0. The number of hydrogen-bond donors (Lipinski definition) is 1. The highest BCUT2D eigenvalue weighted by atomic mass is 28.3. The fourth-order valence-electron chi connectivity index (χ4n) is 2.98. The average molecular weight is 346 g/mol. The van der Waals surface area contributed by atoms with E-state index in [0.29, 0.717) is 19.4 Å². The number of ether oxygens (including phenoxy) is 1. The van der Waals surface area contributed by atoms with Gasteiger partial charge in [-0.1, -0.05) is 20.8 Å². The van der Waals surface area contributed by atoms with Crippen molar-refractivity contribution < 1.29 is 19.1 Å². The molecule has 23 heavy (non-hydrogen) atoms. The van der Waals surface area contributed by atoms with Gasteiger partial charge >= 0.3 is 6.09 Å². The van der Waals surface area contributed by atoms with Crippen LogP contribution < -0.4 is 0 Å². The molecule has 0 saturated carbocycles. The lowest BCUT2D eigenvalue weighted by Crippen LogP contribution is -2.58. The molecular formula is C17H35NO4Si. The SMILES string of the molecule is C[SiH](C)OC([C@H]1C[C@@H](O)CCN1C(=O)OC(C)(C)C)C(C)(C)C. The number of carbonyl (C=O) groups excluding carboxylic acids is 1. The van der Waals surface area contributed by atoms with Gasteiger partial charge in [-0.25, -0.2) is 4.79 Å². The molecule has 1 heterocycles. The molecule has 1 aliphatic heterocycles. The summed E-state index contributed by atoms with van der Waals surface area (Å²) in [7, 11) is -1.28. The molecule has 1 amide bonds. The van der Waals surface area contributed by atoms with Crippen LogP contribution in [-0.2, 0) is 9.16 Å². The van der Waals surface area contributed by atoms with Gasteiger partial charge in [-0.3, -0.25) is 0 Å². The summed E-state index contributed by atoms with van der Waals surface area (Å²) in [6, 6.07) is -0.150. The van der Waals surface area contributed by atoms with Crippen molar-refractivity contribution >= 4 is 15.1 Å². The second-order valence-electron chi connectivity index (χ2n) is 8.89. The van der Waals surface area contributed by atoms with Crippen molar-refractivity contribution in [2.75, 3.05) is 6.54 Å². The molecule has 1 unspecified atom stereocenters. The van der Waals surface area contributed by atoms with E-state index in [0.717, 1.165) is 0 Å². The number of hydrogen-bond acceptors (Lipinski definition) is 4. The summed E-state index contributed by atoms with van der Waals surface area (Å²) in [6.45, 7) is 16.8. The van der Waals surface area contributed by atoms with Crippen molar-refractivity contribution in [1.29, 1.82) is 0 Å². The number of rotatable bonds is 3. The Labute approximate surface area is 143 Å². The van der Waals surface area contributed by atoms with Gasteiger partial charge in [-0.2, -0.15) is 0 Å². The maximum Gasteiger partial charge on any atom is 0.410 e. The van der Waals surface area contributed by atoms with Gasteiger partial charge < -0.3 is 19.2 Å². The van der Waals surface area contributed by atoms with E-state index in [4.69, 9.17) is 9.16 Å². The molecule has 0 bridgehead atoms. The number of piperidine rings is 1. The maximum absolute atomic E-state index is 12.6. The zero-order valence-corrected chi connectivity index (χ0v) is 17.2. The van der Waals surface area contributed by atoms with Crippen molar-refractivity contribution in [2.45, 2.75) is 91.3 Å². The Morgan fingerprint density at radius 2 is 1.78 bits per heavy atom. The molecule has 6 heteroatoms. The Kier molecular flexibility index (Phi) is 6.70. The summed E-state index contributed by atoms with van der Waals surface area (Å²) in [5.74, 6) is 0. The smallest absolute Gasteiger partial charge is 0.410 e. The molecule has 0 aromatic carbocycles. The third-order valence-electron chi connectivity index (χ3n) is 3.87. The van der Waals surface area contributed by atoms with Crippen LogP contribution in [0.4, 0.5) is 4.79 Å². The molecule has 136 valence electrons. The fourth-order valence-corrected chi connectivity index (χ4v) is 4.15. The third-order valence-corrected chi connectivity index (χ3v) is 4.70. The summed E-state index contributed by atoms with van der Waals surface area (Å²) >= 11 is 0. The predicted molar refractivity (Wildman–Crippen MR) is 95.2 cm³/mol. The molecule has 0 aromatic rings. The van der Waals surface area contributed by atoms with Gasteiger partial charge in [0.1, 0.15) is 5.60 Å². The normalized spacial score (nSPS) is 24.7. The van der Waals surface area contributed by atoms with Crippen LogP contribution in [-0.4, -0.2) is 55.5 Å². The van der Waals surface area contributed by atoms with E-state index < -0.39 is 14.6 Å². The van der Waals surface area contributed by atoms with E-state index in [1.54, 1.807) is 4.90 Å². The second kappa shape index (κ2) is 7.53. The number of aliphatic hydroxyl groups is 1. The first-order chi connectivity index (χ1) is 10.3. The van der Waals surface area contributed by atoms with Gasteiger partial charge in [0.2, 0.25) is 0 Å². The molecule has 1 N–H and O–H groups in total. The molecule has 1 rings (SSSR count). The Balaban J connectivity index is 3.04. The molecule has 0 radical (unpaired) electrons. The quantitative estimate of drug-likeness (QED) is 0.798. The van der Waals surface area contributed by atoms with Gasteiger partial charge in [0.15, 0.2) is 9.04 Å². The maximum atomic E-state index is 12.6. The van der Waals surface area contributed by atoms with Crippen molar-refractivity contribution in [2.24, 2.45) is 5.41 Å². The molecule has 0 aliphatic carbocycles. The van der Waals surface area contributed by atoms with Crippen LogP contribution in [0.25, 0.3) is 0 Å². The van der Waals surface area contributed by atoms with Gasteiger partial charge in [0.05, 0.1) is 18.2 Å². The molecule has 1 aliphatic rings. The number of carbonyl (C=O) groups is 1. The number of likely N-dealkylation sites (tertiary alicyclic amines) is 1. The summed E-state index contributed by atoms with van der Waals surface area (Å²) < 4.78 is 11.9. The van der Waals surface area contributed by atoms with Crippen LogP contribution in [0.1, 0.15) is 54.4 Å². The lowest BCUT2D eigenvalue weighted by atomic mass is 9.80. The molecule has 0 aromatic heterocycles. The Morgan fingerprint density at radius 1 is 1.22 bits per heavy atom. The van der Waals surface area contributed by atoms with Gasteiger partial charge in [-0.15, -0.1) is 0 Å². The molecule has 3 atom stereocenters. The predicted octanol–water partition coefficient (Wildman–Crippen LogP) is 3.16. The standard InChI is InChI=1S/C17H35NO4Si/c1-16(2,3)14(22-23(7)8)13-11-12(19)9-10-18(13)15(20)21-17(4,5)6/h12-14,19,23H,9-11H2,1-8H3/t12-,13+,14?/m0/s1.